The number of halogens is 1. The minimum Gasteiger partial charge on any atom is -0.481 e. The molecule has 0 aliphatic rings. The number of hydrogen-bond donors (Lipinski definition) is 1. The summed E-state index contributed by atoms with van der Waals surface area (Å²) in [5, 5.41) is 13.6. The number of hydrogen-bond acceptors (Lipinski definition) is 3. The van der Waals surface area contributed by atoms with Crippen LogP contribution in [0.4, 0.5) is 0 Å². The quantitative estimate of drug-likeness (QED) is 0.789. The summed E-state index contributed by atoms with van der Waals surface area (Å²) in [5.74, 6) is -1.56. The molecule has 106 valence electrons. The Hall–Kier alpha value is -2.21. The molecule has 0 spiro atoms. The van der Waals surface area contributed by atoms with E-state index < -0.39 is 11.9 Å². The highest BCUT2D eigenvalue weighted by molar-refractivity contribution is 9.10. The van der Waals surface area contributed by atoms with Crippen molar-refractivity contribution < 1.29 is 9.90 Å². The fourth-order valence-corrected chi connectivity index (χ4v) is 2.69. The van der Waals surface area contributed by atoms with E-state index in [1.165, 1.54) is 0 Å². The van der Waals surface area contributed by atoms with E-state index in [0.29, 0.717) is 17.8 Å². The summed E-state index contributed by atoms with van der Waals surface area (Å²) in [6, 6.07) is 11.1. The molecular formula is C15H12BrN3O2. The predicted octanol–water partition coefficient (Wildman–Crippen LogP) is 2.90. The van der Waals surface area contributed by atoms with E-state index in [-0.39, 0.29) is 0 Å². The lowest BCUT2D eigenvalue weighted by molar-refractivity contribution is -0.138. The van der Waals surface area contributed by atoms with Gasteiger partial charge in [0.25, 0.3) is 0 Å². The molecule has 2 heterocycles. The molecule has 1 unspecified atom stereocenters. The molecule has 3 rings (SSSR count). The molecule has 1 aromatic carbocycles. The number of aliphatic carboxylic acids is 1. The molecule has 2 aromatic heterocycles. The van der Waals surface area contributed by atoms with Crippen LogP contribution in [0, 0.1) is 0 Å². The van der Waals surface area contributed by atoms with E-state index in [1.54, 1.807) is 29.0 Å². The van der Waals surface area contributed by atoms with Crippen LogP contribution in [0.1, 0.15) is 17.2 Å². The number of benzene rings is 1. The number of carbonyl (C=O) groups is 1. The third-order valence-corrected chi connectivity index (χ3v) is 3.76. The van der Waals surface area contributed by atoms with Gasteiger partial charge in [0, 0.05) is 16.7 Å². The van der Waals surface area contributed by atoms with Crippen LogP contribution in [0.5, 0.6) is 0 Å². The highest BCUT2D eigenvalue weighted by Gasteiger charge is 2.22. The molecule has 1 atom stereocenters. The molecule has 0 bridgehead atoms. The Kier molecular flexibility index (Phi) is 3.70. The summed E-state index contributed by atoms with van der Waals surface area (Å²) >= 11 is 3.40. The fraction of sp³-hybridized carbons (Fsp3) is 0.133. The number of aromatic nitrogens is 3. The van der Waals surface area contributed by atoms with E-state index in [9.17, 15) is 9.90 Å². The smallest absolute Gasteiger partial charge is 0.312 e. The minimum absolute atomic E-state index is 0.395. The fourth-order valence-electron chi connectivity index (χ4n) is 2.24. The van der Waals surface area contributed by atoms with Crippen molar-refractivity contribution in [1.82, 2.24) is 14.6 Å². The van der Waals surface area contributed by atoms with Crippen LogP contribution in [0.15, 0.2) is 53.3 Å². The van der Waals surface area contributed by atoms with Gasteiger partial charge in [0.15, 0.2) is 5.65 Å². The summed E-state index contributed by atoms with van der Waals surface area (Å²) in [6.45, 7) is 0. The third kappa shape index (κ3) is 2.95. The van der Waals surface area contributed by atoms with Gasteiger partial charge in [0.1, 0.15) is 5.92 Å². The molecule has 0 aliphatic carbocycles. The van der Waals surface area contributed by atoms with Gasteiger partial charge in [0.2, 0.25) is 0 Å². The van der Waals surface area contributed by atoms with Crippen LogP contribution >= 0.6 is 15.9 Å². The van der Waals surface area contributed by atoms with Crippen molar-refractivity contribution in [3.05, 3.63) is 64.5 Å². The first-order valence-electron chi connectivity index (χ1n) is 6.41. The van der Waals surface area contributed by atoms with Gasteiger partial charge in [-0.25, -0.2) is 9.50 Å². The lowest BCUT2D eigenvalue weighted by Crippen LogP contribution is -2.16. The second kappa shape index (κ2) is 5.65. The zero-order valence-electron chi connectivity index (χ0n) is 11.0. The van der Waals surface area contributed by atoms with Crippen LogP contribution in [0.3, 0.4) is 0 Å². The summed E-state index contributed by atoms with van der Waals surface area (Å²) in [6.07, 6.45) is 3.76. The monoisotopic (exact) mass is 345 g/mol. The van der Waals surface area contributed by atoms with Gasteiger partial charge in [-0.2, -0.15) is 5.10 Å². The molecule has 0 radical (unpaired) electrons. The highest BCUT2D eigenvalue weighted by atomic mass is 79.9. The number of rotatable bonds is 4. The maximum Gasteiger partial charge on any atom is 0.312 e. The minimum atomic E-state index is -0.883. The largest absolute Gasteiger partial charge is 0.481 e. The topological polar surface area (TPSA) is 67.5 Å². The highest BCUT2D eigenvalue weighted by Crippen LogP contribution is 2.22. The molecule has 1 N–H and O–H groups in total. The Morgan fingerprint density at radius 2 is 2.19 bits per heavy atom. The van der Waals surface area contributed by atoms with Crippen LogP contribution in [-0.2, 0) is 11.2 Å². The van der Waals surface area contributed by atoms with Gasteiger partial charge in [0.05, 0.1) is 11.9 Å². The second-order valence-electron chi connectivity index (χ2n) is 4.71. The second-order valence-corrected chi connectivity index (χ2v) is 5.63. The summed E-state index contributed by atoms with van der Waals surface area (Å²) in [5.41, 5.74) is 2.13. The van der Waals surface area contributed by atoms with E-state index in [2.05, 4.69) is 26.0 Å². The van der Waals surface area contributed by atoms with Crippen LogP contribution in [-0.4, -0.2) is 25.7 Å². The number of carboxylic acids is 1. The van der Waals surface area contributed by atoms with E-state index >= 15 is 0 Å². The first-order valence-corrected chi connectivity index (χ1v) is 7.20. The summed E-state index contributed by atoms with van der Waals surface area (Å²) in [7, 11) is 0. The van der Waals surface area contributed by atoms with Gasteiger partial charge < -0.3 is 5.11 Å². The van der Waals surface area contributed by atoms with Crippen molar-refractivity contribution in [2.24, 2.45) is 0 Å². The molecule has 0 saturated heterocycles. The van der Waals surface area contributed by atoms with Crippen molar-refractivity contribution in [3.8, 4) is 0 Å². The first-order chi connectivity index (χ1) is 10.1. The van der Waals surface area contributed by atoms with E-state index in [0.717, 1.165) is 10.0 Å². The van der Waals surface area contributed by atoms with Crippen LogP contribution < -0.4 is 0 Å². The SMILES string of the molecule is O=C(O)C(Cc1cccc(Br)c1)c1ccn2nccc2n1. The Labute approximate surface area is 129 Å². The Balaban J connectivity index is 1.95. The van der Waals surface area contributed by atoms with Crippen molar-refractivity contribution in [3.63, 3.8) is 0 Å². The normalized spacial score (nSPS) is 12.4. The molecule has 0 fully saturated rings. The molecule has 3 aromatic rings. The Bertz CT molecular complexity index is 800. The van der Waals surface area contributed by atoms with Gasteiger partial charge in [-0.3, -0.25) is 4.79 Å². The molecule has 0 saturated carbocycles. The first kappa shape index (κ1) is 13.8. The lowest BCUT2D eigenvalue weighted by Gasteiger charge is -2.12. The van der Waals surface area contributed by atoms with Crippen LogP contribution in [0.25, 0.3) is 5.65 Å². The van der Waals surface area contributed by atoms with Gasteiger partial charge >= 0.3 is 5.97 Å². The molecule has 0 amide bonds. The zero-order chi connectivity index (χ0) is 14.8. The van der Waals surface area contributed by atoms with E-state index in [1.807, 2.05) is 24.3 Å². The molecule has 0 aliphatic heterocycles. The van der Waals surface area contributed by atoms with Crippen molar-refractivity contribution in [1.29, 1.82) is 0 Å². The summed E-state index contributed by atoms with van der Waals surface area (Å²) in [4.78, 5) is 16.0. The van der Waals surface area contributed by atoms with Crippen LogP contribution in [0.2, 0.25) is 0 Å². The molecule has 6 heteroatoms. The summed E-state index contributed by atoms with van der Waals surface area (Å²) < 4.78 is 2.55. The molecule has 21 heavy (non-hydrogen) atoms. The lowest BCUT2D eigenvalue weighted by atomic mass is 9.96. The van der Waals surface area contributed by atoms with Crippen molar-refractivity contribution in [2.45, 2.75) is 12.3 Å². The third-order valence-electron chi connectivity index (χ3n) is 3.26. The van der Waals surface area contributed by atoms with Gasteiger partial charge in [-0.15, -0.1) is 0 Å². The Morgan fingerprint density at radius 3 is 2.95 bits per heavy atom. The van der Waals surface area contributed by atoms with Crippen molar-refractivity contribution >= 4 is 27.5 Å². The van der Waals surface area contributed by atoms with E-state index in [4.69, 9.17) is 0 Å². The Morgan fingerprint density at radius 1 is 1.33 bits per heavy atom. The van der Waals surface area contributed by atoms with Crippen molar-refractivity contribution in [2.75, 3.05) is 0 Å². The average molecular weight is 346 g/mol. The van der Waals surface area contributed by atoms with Gasteiger partial charge in [-0.05, 0) is 30.2 Å². The number of carboxylic acid groups (broad SMARTS) is 1. The number of fused-ring (bicyclic) bond motifs is 1. The zero-order valence-corrected chi connectivity index (χ0v) is 12.6. The predicted molar refractivity (Wildman–Crippen MR) is 81.2 cm³/mol. The molecular weight excluding hydrogens is 334 g/mol. The standard InChI is InChI=1S/C15H12BrN3O2/c16-11-3-1-2-10(8-11)9-12(15(20)21)13-5-7-19-14(18-13)4-6-17-19/h1-8,12H,9H2,(H,20,21). The number of nitrogens with zero attached hydrogens (tertiary/aromatic N) is 3. The molecule has 5 nitrogen and oxygen atoms in total. The average Bonchev–Trinajstić information content (AvgIpc) is 2.92. The maximum absolute atomic E-state index is 11.6. The maximum atomic E-state index is 11.6. The van der Waals surface area contributed by atoms with Gasteiger partial charge in [-0.1, -0.05) is 28.1 Å².